The normalized spacial score (nSPS) is 15.8. The maximum Gasteiger partial charge on any atom is 0.190 e. The third kappa shape index (κ3) is 4.64. The summed E-state index contributed by atoms with van der Waals surface area (Å²) < 4.78 is 0. The smallest absolute Gasteiger partial charge is 0.190 e. The summed E-state index contributed by atoms with van der Waals surface area (Å²) in [6, 6.07) is 0. The minimum Gasteiger partial charge on any atom is -0.356 e. The lowest BCUT2D eigenvalue weighted by molar-refractivity contribution is 0.684. The molecular formula is C13H22N4S. The van der Waals surface area contributed by atoms with Gasteiger partial charge in [0.25, 0.3) is 0 Å². The average molecular weight is 266 g/mol. The standard InChI is InChI=1S/C13H22N4S/c1-10-9-17-12(18-10)6-8-16-13(14-2)15-7-5-11-3-4-11/h9,11H,3-8H2,1-2H3,(H2,14,15,16). The van der Waals surface area contributed by atoms with E-state index in [9.17, 15) is 0 Å². The number of hydrogen-bond donors (Lipinski definition) is 2. The Morgan fingerprint density at radius 2 is 2.22 bits per heavy atom. The van der Waals surface area contributed by atoms with Gasteiger partial charge in [-0.1, -0.05) is 12.8 Å². The van der Waals surface area contributed by atoms with E-state index in [-0.39, 0.29) is 0 Å². The number of guanidine groups is 1. The summed E-state index contributed by atoms with van der Waals surface area (Å²) >= 11 is 1.77. The van der Waals surface area contributed by atoms with Crippen LogP contribution in [0, 0.1) is 12.8 Å². The molecule has 100 valence electrons. The molecule has 4 nitrogen and oxygen atoms in total. The first-order valence-corrected chi connectivity index (χ1v) is 7.45. The van der Waals surface area contributed by atoms with E-state index in [1.807, 2.05) is 13.2 Å². The number of aryl methyl sites for hydroxylation is 1. The van der Waals surface area contributed by atoms with Crippen molar-refractivity contribution in [1.29, 1.82) is 0 Å². The molecule has 0 unspecified atom stereocenters. The van der Waals surface area contributed by atoms with Gasteiger partial charge in [0.1, 0.15) is 0 Å². The Labute approximate surface area is 113 Å². The fourth-order valence-corrected chi connectivity index (χ4v) is 2.61. The lowest BCUT2D eigenvalue weighted by Crippen LogP contribution is -2.38. The van der Waals surface area contributed by atoms with Gasteiger partial charge in [-0.25, -0.2) is 4.98 Å². The van der Waals surface area contributed by atoms with Crippen LogP contribution in [0.3, 0.4) is 0 Å². The highest BCUT2D eigenvalue weighted by atomic mass is 32.1. The Bertz CT molecular complexity index is 395. The SMILES string of the molecule is CN=C(NCCc1ncc(C)s1)NCCC1CC1. The second-order valence-corrected chi connectivity index (χ2v) is 6.09. The molecule has 18 heavy (non-hydrogen) atoms. The van der Waals surface area contributed by atoms with Crippen molar-refractivity contribution in [2.75, 3.05) is 20.1 Å². The van der Waals surface area contributed by atoms with E-state index in [0.29, 0.717) is 0 Å². The first-order valence-electron chi connectivity index (χ1n) is 6.63. The second kappa shape index (κ2) is 6.73. The van der Waals surface area contributed by atoms with Crippen LogP contribution in [0.15, 0.2) is 11.2 Å². The van der Waals surface area contributed by atoms with Crippen molar-refractivity contribution >= 4 is 17.3 Å². The van der Waals surface area contributed by atoms with Crippen LogP contribution in [0.25, 0.3) is 0 Å². The molecule has 0 radical (unpaired) electrons. The molecule has 1 saturated carbocycles. The van der Waals surface area contributed by atoms with Gasteiger partial charge in [-0.2, -0.15) is 0 Å². The lowest BCUT2D eigenvalue weighted by Gasteiger charge is -2.10. The van der Waals surface area contributed by atoms with Gasteiger partial charge in [-0.15, -0.1) is 11.3 Å². The van der Waals surface area contributed by atoms with Gasteiger partial charge in [0.2, 0.25) is 0 Å². The minimum absolute atomic E-state index is 0.885. The first kappa shape index (κ1) is 13.3. The molecule has 0 atom stereocenters. The predicted molar refractivity (Wildman–Crippen MR) is 77.3 cm³/mol. The van der Waals surface area contributed by atoms with Gasteiger partial charge < -0.3 is 10.6 Å². The zero-order valence-corrected chi connectivity index (χ0v) is 12.0. The van der Waals surface area contributed by atoms with E-state index in [2.05, 4.69) is 27.5 Å². The van der Waals surface area contributed by atoms with E-state index in [1.54, 1.807) is 11.3 Å². The molecule has 0 spiro atoms. The molecule has 0 aromatic carbocycles. The van der Waals surface area contributed by atoms with E-state index >= 15 is 0 Å². The zero-order chi connectivity index (χ0) is 12.8. The fourth-order valence-electron chi connectivity index (χ4n) is 1.83. The molecule has 1 aliphatic carbocycles. The summed E-state index contributed by atoms with van der Waals surface area (Å²) in [7, 11) is 1.82. The Morgan fingerprint density at radius 3 is 2.83 bits per heavy atom. The van der Waals surface area contributed by atoms with Gasteiger partial charge in [0, 0.05) is 37.6 Å². The number of aliphatic imine (C=N–C) groups is 1. The van der Waals surface area contributed by atoms with Crippen molar-refractivity contribution in [2.24, 2.45) is 10.9 Å². The number of aromatic nitrogens is 1. The third-order valence-corrected chi connectivity index (χ3v) is 4.04. The number of thiazole rings is 1. The Balaban J connectivity index is 1.60. The van der Waals surface area contributed by atoms with E-state index in [4.69, 9.17) is 0 Å². The Morgan fingerprint density at radius 1 is 1.44 bits per heavy atom. The maximum absolute atomic E-state index is 4.35. The molecule has 1 aromatic rings. The summed E-state index contributed by atoms with van der Waals surface area (Å²) in [4.78, 5) is 9.84. The van der Waals surface area contributed by atoms with Crippen LogP contribution in [0.5, 0.6) is 0 Å². The highest BCUT2D eigenvalue weighted by Crippen LogP contribution is 2.31. The van der Waals surface area contributed by atoms with Crippen molar-refractivity contribution in [3.8, 4) is 0 Å². The van der Waals surface area contributed by atoms with Gasteiger partial charge >= 0.3 is 0 Å². The summed E-state index contributed by atoms with van der Waals surface area (Å²) in [6.07, 6.45) is 6.99. The zero-order valence-electron chi connectivity index (χ0n) is 11.2. The Kier molecular flexibility index (Phi) is 4.99. The van der Waals surface area contributed by atoms with E-state index in [1.165, 1.54) is 29.1 Å². The number of rotatable bonds is 6. The van der Waals surface area contributed by atoms with Crippen LogP contribution in [0.2, 0.25) is 0 Å². The molecule has 2 rings (SSSR count). The second-order valence-electron chi connectivity index (χ2n) is 4.77. The van der Waals surface area contributed by atoms with Gasteiger partial charge in [-0.3, -0.25) is 4.99 Å². The van der Waals surface area contributed by atoms with Crippen molar-refractivity contribution < 1.29 is 0 Å². The molecule has 1 fully saturated rings. The largest absolute Gasteiger partial charge is 0.356 e. The molecule has 1 aliphatic rings. The maximum atomic E-state index is 4.35. The van der Waals surface area contributed by atoms with Gasteiger partial charge in [0.15, 0.2) is 5.96 Å². The van der Waals surface area contributed by atoms with E-state index < -0.39 is 0 Å². The predicted octanol–water partition coefficient (Wildman–Crippen LogP) is 1.96. The van der Waals surface area contributed by atoms with Crippen molar-refractivity contribution in [3.05, 3.63) is 16.1 Å². The van der Waals surface area contributed by atoms with Crippen LogP contribution < -0.4 is 10.6 Å². The molecule has 5 heteroatoms. The van der Waals surface area contributed by atoms with Gasteiger partial charge in [-0.05, 0) is 19.3 Å². The average Bonchev–Trinajstić information content (AvgIpc) is 3.10. The molecule has 0 bridgehead atoms. The quantitative estimate of drug-likeness (QED) is 0.611. The van der Waals surface area contributed by atoms with Crippen molar-refractivity contribution in [1.82, 2.24) is 15.6 Å². The number of nitrogens with one attached hydrogen (secondary N) is 2. The molecule has 2 N–H and O–H groups in total. The van der Waals surface area contributed by atoms with Crippen LogP contribution in [0.4, 0.5) is 0 Å². The third-order valence-electron chi connectivity index (χ3n) is 3.07. The summed E-state index contributed by atoms with van der Waals surface area (Å²) in [5, 5.41) is 7.87. The van der Waals surface area contributed by atoms with Gasteiger partial charge in [0.05, 0.1) is 5.01 Å². The Hall–Kier alpha value is -1.10. The summed E-state index contributed by atoms with van der Waals surface area (Å²) in [6.45, 7) is 4.00. The highest BCUT2D eigenvalue weighted by Gasteiger charge is 2.20. The van der Waals surface area contributed by atoms with Crippen LogP contribution in [0.1, 0.15) is 29.1 Å². The summed E-state index contributed by atoms with van der Waals surface area (Å²) in [5.41, 5.74) is 0. The topological polar surface area (TPSA) is 49.3 Å². The molecule has 0 amide bonds. The summed E-state index contributed by atoms with van der Waals surface area (Å²) in [5.74, 6) is 1.87. The molecular weight excluding hydrogens is 244 g/mol. The number of nitrogens with zero attached hydrogens (tertiary/aromatic N) is 2. The van der Waals surface area contributed by atoms with Crippen molar-refractivity contribution in [3.63, 3.8) is 0 Å². The fraction of sp³-hybridized carbons (Fsp3) is 0.692. The number of hydrogen-bond acceptors (Lipinski definition) is 3. The van der Waals surface area contributed by atoms with Crippen molar-refractivity contribution in [2.45, 2.75) is 32.6 Å². The molecule has 0 aliphatic heterocycles. The molecule has 0 saturated heterocycles. The minimum atomic E-state index is 0.885. The monoisotopic (exact) mass is 266 g/mol. The lowest BCUT2D eigenvalue weighted by atomic mass is 10.3. The van der Waals surface area contributed by atoms with Crippen LogP contribution >= 0.6 is 11.3 Å². The van der Waals surface area contributed by atoms with E-state index in [0.717, 1.165) is 31.4 Å². The van der Waals surface area contributed by atoms with Crippen LogP contribution in [-0.4, -0.2) is 31.1 Å². The van der Waals surface area contributed by atoms with Crippen LogP contribution in [-0.2, 0) is 6.42 Å². The molecule has 1 aromatic heterocycles. The highest BCUT2D eigenvalue weighted by molar-refractivity contribution is 7.11. The molecule has 1 heterocycles. The first-order chi connectivity index (χ1) is 8.78.